The molecule has 5 heteroatoms. The molecule has 5 N–H and O–H groups in total. The number of likely N-dealkylation sites (tertiary alicyclic amines) is 1. The van der Waals surface area contributed by atoms with Crippen molar-refractivity contribution < 1.29 is 15.3 Å². The van der Waals surface area contributed by atoms with E-state index in [-0.39, 0.29) is 17.5 Å². The first kappa shape index (κ1) is 16.6. The second-order valence-corrected chi connectivity index (χ2v) is 7.13. The first-order valence-electron chi connectivity index (χ1n) is 8.54. The van der Waals surface area contributed by atoms with Crippen LogP contribution in [0.1, 0.15) is 43.2 Å². The van der Waals surface area contributed by atoms with Crippen molar-refractivity contribution in [1.82, 2.24) is 4.90 Å². The maximum absolute atomic E-state index is 11.6. The molecule has 1 heterocycles. The van der Waals surface area contributed by atoms with Crippen LogP contribution in [0.3, 0.4) is 0 Å². The van der Waals surface area contributed by atoms with Gasteiger partial charge in [-0.05, 0) is 58.0 Å². The molecule has 0 aromatic heterocycles. The lowest BCUT2D eigenvalue weighted by molar-refractivity contribution is -0.161. The Hall–Kier alpha value is -1.30. The molecule has 0 radical (unpaired) electrons. The van der Waals surface area contributed by atoms with Gasteiger partial charge in [0.15, 0.2) is 11.5 Å². The van der Waals surface area contributed by atoms with E-state index in [9.17, 15) is 15.3 Å². The van der Waals surface area contributed by atoms with E-state index in [0.29, 0.717) is 0 Å². The highest BCUT2D eigenvalue weighted by Gasteiger charge is 2.63. The third kappa shape index (κ3) is 2.03. The molecule has 23 heavy (non-hydrogen) atoms. The van der Waals surface area contributed by atoms with E-state index in [2.05, 4.69) is 17.7 Å². The van der Waals surface area contributed by atoms with Crippen LogP contribution in [0.15, 0.2) is 12.1 Å². The zero-order valence-corrected chi connectivity index (χ0v) is 14.0. The summed E-state index contributed by atoms with van der Waals surface area (Å²) in [5, 5.41) is 32.0. The van der Waals surface area contributed by atoms with Crippen LogP contribution >= 0.6 is 0 Å². The second-order valence-electron chi connectivity index (χ2n) is 7.13. The van der Waals surface area contributed by atoms with Gasteiger partial charge in [-0.3, -0.25) is 0 Å². The fourth-order valence-corrected chi connectivity index (χ4v) is 5.32. The van der Waals surface area contributed by atoms with Gasteiger partial charge in [-0.2, -0.15) is 0 Å². The number of piperidine rings is 1. The van der Waals surface area contributed by atoms with Crippen molar-refractivity contribution >= 4 is 0 Å². The average molecular weight is 320 g/mol. The summed E-state index contributed by atoms with van der Waals surface area (Å²) in [6, 6.07) is 3.61. The van der Waals surface area contributed by atoms with Crippen LogP contribution in [0.5, 0.6) is 11.5 Å². The van der Waals surface area contributed by atoms with E-state index >= 15 is 0 Å². The van der Waals surface area contributed by atoms with Crippen molar-refractivity contribution in [3.63, 3.8) is 0 Å². The molecule has 1 aromatic rings. The first-order valence-corrected chi connectivity index (χ1v) is 8.54. The standard InChI is InChI=1S/C17H23NO3.CH5N/c1-18-9-8-16-6-2-3-7-17(16,21)13(18)10-11-4-5-12(19)15(20)14(11)16;1-2/h4-5,13,19-21H,2-3,6-10H2,1H3;2H2,1H3. The van der Waals surface area contributed by atoms with Gasteiger partial charge in [-0.15, -0.1) is 0 Å². The van der Waals surface area contributed by atoms with Crippen LogP contribution < -0.4 is 5.73 Å². The molecule has 2 fully saturated rings. The smallest absolute Gasteiger partial charge is 0.161 e. The largest absolute Gasteiger partial charge is 0.504 e. The van der Waals surface area contributed by atoms with Crippen LogP contribution in [0, 0.1) is 0 Å². The molecule has 5 nitrogen and oxygen atoms in total. The normalized spacial score (nSPS) is 35.6. The number of fused-ring (bicyclic) bond motifs is 1. The Morgan fingerprint density at radius 1 is 1.13 bits per heavy atom. The topological polar surface area (TPSA) is 90.0 Å². The Labute approximate surface area is 137 Å². The number of hydrogen-bond acceptors (Lipinski definition) is 5. The third-order valence-corrected chi connectivity index (χ3v) is 6.35. The second kappa shape index (κ2) is 5.65. The van der Waals surface area contributed by atoms with Gasteiger partial charge in [0, 0.05) is 17.0 Å². The van der Waals surface area contributed by atoms with E-state index < -0.39 is 11.0 Å². The zero-order chi connectivity index (χ0) is 16.8. The van der Waals surface area contributed by atoms with Crippen LogP contribution in [0.4, 0.5) is 0 Å². The van der Waals surface area contributed by atoms with E-state index in [0.717, 1.165) is 56.2 Å². The molecular formula is C18H28N2O3. The highest BCUT2D eigenvalue weighted by Crippen LogP contribution is 2.60. The Morgan fingerprint density at radius 2 is 1.83 bits per heavy atom. The molecule has 0 amide bonds. The monoisotopic (exact) mass is 320 g/mol. The minimum atomic E-state index is -0.781. The van der Waals surface area contributed by atoms with Gasteiger partial charge in [-0.25, -0.2) is 0 Å². The van der Waals surface area contributed by atoms with Crippen molar-refractivity contribution in [3.8, 4) is 11.5 Å². The molecule has 128 valence electrons. The summed E-state index contributed by atoms with van der Waals surface area (Å²) in [5.74, 6) is -0.0655. The van der Waals surface area contributed by atoms with Gasteiger partial charge < -0.3 is 26.0 Å². The predicted molar refractivity (Wildman–Crippen MR) is 89.7 cm³/mol. The molecule has 1 aromatic carbocycles. The number of benzene rings is 1. The molecule has 1 saturated carbocycles. The minimum Gasteiger partial charge on any atom is -0.504 e. The van der Waals surface area contributed by atoms with E-state index in [1.54, 1.807) is 6.07 Å². The van der Waals surface area contributed by atoms with Crippen LogP contribution in [0.2, 0.25) is 0 Å². The molecule has 3 unspecified atom stereocenters. The molecule has 2 bridgehead atoms. The molecule has 1 saturated heterocycles. The number of phenols is 2. The van der Waals surface area contributed by atoms with Gasteiger partial charge in [0.1, 0.15) is 0 Å². The van der Waals surface area contributed by atoms with Crippen molar-refractivity contribution in [3.05, 3.63) is 23.3 Å². The maximum Gasteiger partial charge on any atom is 0.161 e. The Bertz CT molecular complexity index is 606. The van der Waals surface area contributed by atoms with Gasteiger partial charge >= 0.3 is 0 Å². The lowest BCUT2D eigenvalue weighted by atomic mass is 9.49. The van der Waals surface area contributed by atoms with E-state index in [1.165, 1.54) is 7.05 Å². The van der Waals surface area contributed by atoms with Crippen molar-refractivity contribution in [2.75, 3.05) is 20.6 Å². The van der Waals surface area contributed by atoms with Crippen molar-refractivity contribution in [2.45, 2.75) is 55.6 Å². The highest BCUT2D eigenvalue weighted by molar-refractivity contribution is 5.57. The number of hydrogen-bond donors (Lipinski definition) is 4. The van der Waals surface area contributed by atoms with E-state index in [4.69, 9.17) is 0 Å². The summed E-state index contributed by atoms with van der Waals surface area (Å²) >= 11 is 0. The number of aromatic hydroxyl groups is 2. The summed E-state index contributed by atoms with van der Waals surface area (Å²) in [6.45, 7) is 0.932. The highest BCUT2D eigenvalue weighted by atomic mass is 16.3. The summed E-state index contributed by atoms with van der Waals surface area (Å²) < 4.78 is 0. The lowest BCUT2D eigenvalue weighted by Crippen LogP contribution is -2.71. The SMILES string of the molecule is CN.CN1CCC23CCCCC2(O)C1Cc1ccc(O)c(O)c13. The zero-order valence-electron chi connectivity index (χ0n) is 14.0. The Kier molecular flexibility index (Phi) is 4.07. The van der Waals surface area contributed by atoms with Gasteiger partial charge in [0.05, 0.1) is 5.60 Å². The predicted octanol–water partition coefficient (Wildman–Crippen LogP) is 1.48. The molecule has 3 atom stereocenters. The summed E-state index contributed by atoms with van der Waals surface area (Å²) in [5.41, 5.74) is 5.25. The van der Waals surface area contributed by atoms with Gasteiger partial charge in [0.2, 0.25) is 0 Å². The molecule has 0 spiro atoms. The number of rotatable bonds is 0. The van der Waals surface area contributed by atoms with Crippen LogP contribution in [0.25, 0.3) is 0 Å². The van der Waals surface area contributed by atoms with Crippen LogP contribution in [-0.2, 0) is 11.8 Å². The summed E-state index contributed by atoms with van der Waals surface area (Å²) in [6.07, 6.45) is 5.40. The third-order valence-electron chi connectivity index (χ3n) is 6.35. The Morgan fingerprint density at radius 3 is 2.57 bits per heavy atom. The number of nitrogens with two attached hydrogens (primary N) is 1. The van der Waals surface area contributed by atoms with E-state index in [1.807, 2.05) is 6.07 Å². The summed E-state index contributed by atoms with van der Waals surface area (Å²) in [7, 11) is 3.59. The summed E-state index contributed by atoms with van der Waals surface area (Å²) in [4.78, 5) is 2.27. The number of phenolic OH excluding ortho intramolecular Hbond substituents is 2. The lowest BCUT2D eigenvalue weighted by Gasteiger charge is -2.63. The maximum atomic E-state index is 11.6. The molecule has 3 aliphatic rings. The quantitative estimate of drug-likeness (QED) is 0.544. The Balaban J connectivity index is 0.000000753. The average Bonchev–Trinajstić information content (AvgIpc) is 2.56. The first-order chi connectivity index (χ1) is 11.0. The number of aliphatic hydroxyl groups is 1. The fourth-order valence-electron chi connectivity index (χ4n) is 5.32. The minimum absolute atomic E-state index is 0.00386. The molecular weight excluding hydrogens is 292 g/mol. The molecule has 2 aliphatic carbocycles. The van der Waals surface area contributed by atoms with Crippen molar-refractivity contribution in [2.24, 2.45) is 5.73 Å². The molecule has 1 aliphatic heterocycles. The number of nitrogens with zero attached hydrogens (tertiary/aromatic N) is 1. The number of likely N-dealkylation sites (N-methyl/N-ethyl adjacent to an activating group) is 1. The van der Waals surface area contributed by atoms with Crippen molar-refractivity contribution in [1.29, 1.82) is 0 Å². The fraction of sp³-hybridized carbons (Fsp3) is 0.667. The van der Waals surface area contributed by atoms with Gasteiger partial charge in [0.25, 0.3) is 0 Å². The van der Waals surface area contributed by atoms with Crippen LogP contribution in [-0.4, -0.2) is 52.5 Å². The van der Waals surface area contributed by atoms with Gasteiger partial charge in [-0.1, -0.05) is 18.9 Å². The molecule has 4 rings (SSSR count).